The second-order valence-corrected chi connectivity index (χ2v) is 6.01. The van der Waals surface area contributed by atoms with Crippen LogP contribution in [0.1, 0.15) is 5.56 Å². The summed E-state index contributed by atoms with van der Waals surface area (Å²) in [5, 5.41) is 1.76. The Morgan fingerprint density at radius 2 is 1.38 bits per heavy atom. The van der Waals surface area contributed by atoms with Gasteiger partial charge in [0, 0.05) is 22.7 Å². The number of halogens is 3. The van der Waals surface area contributed by atoms with Crippen molar-refractivity contribution in [3.05, 3.63) is 90.6 Å². The molecule has 0 fully saturated rings. The van der Waals surface area contributed by atoms with Gasteiger partial charge in [-0.15, -0.1) is 0 Å². The molecule has 0 unspecified atom stereocenters. The molecule has 0 amide bonds. The Bertz CT molecular complexity index is 1070. The maximum absolute atomic E-state index is 13.2. The van der Waals surface area contributed by atoms with Crippen molar-refractivity contribution < 1.29 is 13.2 Å². The molecular formula is C22H14F3N. The molecule has 0 saturated heterocycles. The number of rotatable bonds is 2. The number of aromatic nitrogens is 1. The van der Waals surface area contributed by atoms with Gasteiger partial charge in [-0.3, -0.25) is 4.98 Å². The van der Waals surface area contributed by atoms with Crippen LogP contribution in [0.5, 0.6) is 0 Å². The molecule has 128 valence electrons. The van der Waals surface area contributed by atoms with Crippen LogP contribution in [-0.4, -0.2) is 4.98 Å². The maximum atomic E-state index is 13.2. The van der Waals surface area contributed by atoms with Gasteiger partial charge in [-0.05, 0) is 23.1 Å². The van der Waals surface area contributed by atoms with Gasteiger partial charge in [0.05, 0.1) is 11.3 Å². The smallest absolute Gasteiger partial charge is 0.255 e. The molecule has 4 aromatic rings. The fraction of sp³-hybridized carbons (Fsp3) is 0.0455. The lowest BCUT2D eigenvalue weighted by molar-refractivity contribution is -0.137. The SMILES string of the molecule is FC(F)(F)c1cccc(-c2c(-c3ccccc3)ncc3ccccc23)c1. The minimum absolute atomic E-state index is 0.503. The summed E-state index contributed by atoms with van der Waals surface area (Å²) in [7, 11) is 0. The summed E-state index contributed by atoms with van der Waals surface area (Å²) >= 11 is 0. The number of hydrogen-bond donors (Lipinski definition) is 0. The van der Waals surface area contributed by atoms with Gasteiger partial charge in [-0.25, -0.2) is 0 Å². The molecule has 1 heterocycles. The van der Waals surface area contributed by atoms with Crippen LogP contribution >= 0.6 is 0 Å². The van der Waals surface area contributed by atoms with Crippen LogP contribution in [0.3, 0.4) is 0 Å². The average molecular weight is 349 g/mol. The van der Waals surface area contributed by atoms with Gasteiger partial charge in [-0.2, -0.15) is 13.2 Å². The number of fused-ring (bicyclic) bond motifs is 1. The highest BCUT2D eigenvalue weighted by Gasteiger charge is 2.30. The summed E-state index contributed by atoms with van der Waals surface area (Å²) in [5.41, 5.74) is 2.08. The number of hydrogen-bond acceptors (Lipinski definition) is 1. The third-order valence-corrected chi connectivity index (χ3v) is 4.33. The second-order valence-electron chi connectivity index (χ2n) is 6.01. The first kappa shape index (κ1) is 16.3. The van der Waals surface area contributed by atoms with E-state index in [-0.39, 0.29) is 0 Å². The second kappa shape index (κ2) is 6.30. The van der Waals surface area contributed by atoms with E-state index < -0.39 is 11.7 Å². The Kier molecular flexibility index (Phi) is 3.96. The molecule has 0 bridgehead atoms. The van der Waals surface area contributed by atoms with Crippen LogP contribution in [0.4, 0.5) is 13.2 Å². The first-order valence-corrected chi connectivity index (χ1v) is 8.15. The lowest BCUT2D eigenvalue weighted by Crippen LogP contribution is -2.04. The van der Waals surface area contributed by atoms with E-state index in [0.717, 1.165) is 22.4 Å². The van der Waals surface area contributed by atoms with Crippen molar-refractivity contribution in [3.8, 4) is 22.4 Å². The fourth-order valence-electron chi connectivity index (χ4n) is 3.12. The van der Waals surface area contributed by atoms with E-state index in [4.69, 9.17) is 0 Å². The van der Waals surface area contributed by atoms with Gasteiger partial charge in [0.2, 0.25) is 0 Å². The number of nitrogens with zero attached hydrogens (tertiary/aromatic N) is 1. The first-order chi connectivity index (χ1) is 12.5. The van der Waals surface area contributed by atoms with E-state index >= 15 is 0 Å². The Morgan fingerprint density at radius 1 is 0.692 bits per heavy atom. The monoisotopic (exact) mass is 349 g/mol. The van der Waals surface area contributed by atoms with Gasteiger partial charge in [0.15, 0.2) is 0 Å². The Hall–Kier alpha value is -3.14. The zero-order valence-electron chi connectivity index (χ0n) is 13.7. The van der Waals surface area contributed by atoms with Crippen molar-refractivity contribution in [2.75, 3.05) is 0 Å². The molecule has 0 atom stereocenters. The fourth-order valence-corrected chi connectivity index (χ4v) is 3.12. The molecule has 1 nitrogen and oxygen atoms in total. The molecule has 4 heteroatoms. The molecule has 3 aromatic carbocycles. The molecular weight excluding hydrogens is 335 g/mol. The molecule has 0 aliphatic heterocycles. The van der Waals surface area contributed by atoms with Crippen LogP contribution in [0.25, 0.3) is 33.2 Å². The van der Waals surface area contributed by atoms with E-state index in [1.165, 1.54) is 12.1 Å². The van der Waals surface area contributed by atoms with Crippen molar-refractivity contribution in [2.24, 2.45) is 0 Å². The number of pyridine rings is 1. The standard InChI is InChI=1S/C22H14F3N/c23-22(24,25)18-11-6-10-16(13-18)20-19-12-5-4-9-17(19)14-26-21(20)15-7-2-1-3-8-15/h1-14H. The van der Waals surface area contributed by atoms with E-state index in [0.29, 0.717) is 16.8 Å². The van der Waals surface area contributed by atoms with Crippen LogP contribution < -0.4 is 0 Å². The summed E-state index contributed by atoms with van der Waals surface area (Å²) in [6, 6.07) is 22.5. The minimum Gasteiger partial charge on any atom is -0.255 e. The molecule has 4 rings (SSSR count). The molecule has 0 aliphatic carbocycles. The van der Waals surface area contributed by atoms with Crippen molar-refractivity contribution in [1.29, 1.82) is 0 Å². The molecule has 1 aromatic heterocycles. The van der Waals surface area contributed by atoms with Crippen molar-refractivity contribution in [2.45, 2.75) is 6.18 Å². The first-order valence-electron chi connectivity index (χ1n) is 8.15. The van der Waals surface area contributed by atoms with Gasteiger partial charge >= 0.3 is 6.18 Å². The highest BCUT2D eigenvalue weighted by Crippen LogP contribution is 2.38. The molecule has 26 heavy (non-hydrogen) atoms. The Balaban J connectivity index is 2.05. The zero-order chi connectivity index (χ0) is 18.1. The normalized spacial score (nSPS) is 11.7. The topological polar surface area (TPSA) is 12.9 Å². The maximum Gasteiger partial charge on any atom is 0.416 e. The van der Waals surface area contributed by atoms with Crippen LogP contribution in [-0.2, 0) is 6.18 Å². The highest BCUT2D eigenvalue weighted by atomic mass is 19.4. The minimum atomic E-state index is -4.39. The van der Waals surface area contributed by atoms with Gasteiger partial charge in [0.25, 0.3) is 0 Å². The summed E-state index contributed by atoms with van der Waals surface area (Å²) in [5.74, 6) is 0. The third kappa shape index (κ3) is 2.94. The highest BCUT2D eigenvalue weighted by molar-refractivity contribution is 6.02. The lowest BCUT2D eigenvalue weighted by Gasteiger charge is -2.15. The van der Waals surface area contributed by atoms with E-state index in [2.05, 4.69) is 4.98 Å². The van der Waals surface area contributed by atoms with Crippen molar-refractivity contribution in [1.82, 2.24) is 4.98 Å². The van der Waals surface area contributed by atoms with E-state index in [9.17, 15) is 13.2 Å². The van der Waals surface area contributed by atoms with Crippen LogP contribution in [0.2, 0.25) is 0 Å². The average Bonchev–Trinajstić information content (AvgIpc) is 2.67. The summed E-state index contributed by atoms with van der Waals surface area (Å²) < 4.78 is 39.6. The quantitative estimate of drug-likeness (QED) is 0.398. The molecule has 0 spiro atoms. The molecule has 0 radical (unpaired) electrons. The predicted molar refractivity (Wildman–Crippen MR) is 97.6 cm³/mol. The lowest BCUT2D eigenvalue weighted by atomic mass is 9.93. The summed E-state index contributed by atoms with van der Waals surface area (Å²) in [6.07, 6.45) is -2.63. The molecule has 0 aliphatic rings. The van der Waals surface area contributed by atoms with Gasteiger partial charge < -0.3 is 0 Å². The number of benzene rings is 3. The summed E-state index contributed by atoms with van der Waals surface area (Å²) in [6.45, 7) is 0. The molecule has 0 saturated carbocycles. The predicted octanol–water partition coefficient (Wildman–Crippen LogP) is 6.59. The van der Waals surface area contributed by atoms with E-state index in [1.54, 1.807) is 12.3 Å². The van der Waals surface area contributed by atoms with E-state index in [1.807, 2.05) is 54.6 Å². The zero-order valence-corrected chi connectivity index (χ0v) is 13.7. The van der Waals surface area contributed by atoms with Gasteiger partial charge in [0.1, 0.15) is 0 Å². The summed E-state index contributed by atoms with van der Waals surface area (Å²) in [4.78, 5) is 4.56. The Labute approximate surface area is 148 Å². The van der Waals surface area contributed by atoms with Crippen LogP contribution in [0.15, 0.2) is 85.1 Å². The Morgan fingerprint density at radius 3 is 2.15 bits per heavy atom. The third-order valence-electron chi connectivity index (χ3n) is 4.33. The number of alkyl halides is 3. The van der Waals surface area contributed by atoms with Crippen molar-refractivity contribution >= 4 is 10.8 Å². The largest absolute Gasteiger partial charge is 0.416 e. The van der Waals surface area contributed by atoms with Crippen molar-refractivity contribution in [3.63, 3.8) is 0 Å². The molecule has 0 N–H and O–H groups in total. The van der Waals surface area contributed by atoms with Gasteiger partial charge in [-0.1, -0.05) is 66.7 Å². The van der Waals surface area contributed by atoms with Crippen LogP contribution in [0, 0.1) is 0 Å².